The van der Waals surface area contributed by atoms with Crippen molar-refractivity contribution in [1.29, 1.82) is 0 Å². The number of likely N-dealkylation sites (N-methyl/N-ethyl adjacent to an activating group) is 1. The van der Waals surface area contributed by atoms with Crippen molar-refractivity contribution >= 4 is 11.9 Å². The third kappa shape index (κ3) is 5.39. The van der Waals surface area contributed by atoms with Gasteiger partial charge in [-0.25, -0.2) is 4.79 Å². The summed E-state index contributed by atoms with van der Waals surface area (Å²) in [5.74, 6) is 0.462. The lowest BCUT2D eigenvalue weighted by molar-refractivity contribution is 0.0285. The fourth-order valence-corrected chi connectivity index (χ4v) is 2.81. The smallest absolute Gasteiger partial charge is 0.410 e. The van der Waals surface area contributed by atoms with E-state index in [9.17, 15) is 9.59 Å². The predicted molar refractivity (Wildman–Crippen MR) is 88.5 cm³/mol. The second-order valence-electron chi connectivity index (χ2n) is 7.28. The summed E-state index contributed by atoms with van der Waals surface area (Å²) >= 11 is 0. The Morgan fingerprint density at radius 1 is 1.43 bits per heavy atom. The topological polar surface area (TPSA) is 65.6 Å². The van der Waals surface area contributed by atoms with Crippen molar-refractivity contribution in [2.75, 3.05) is 33.2 Å². The van der Waals surface area contributed by atoms with E-state index in [4.69, 9.17) is 4.74 Å². The zero-order valence-electron chi connectivity index (χ0n) is 14.5. The largest absolute Gasteiger partial charge is 0.444 e. The Bertz CT molecular complexity index is 534. The number of likely N-dealkylation sites (tertiary alicyclic amines) is 1. The van der Waals surface area contributed by atoms with Crippen LogP contribution in [0.1, 0.15) is 37.7 Å². The second-order valence-corrected chi connectivity index (χ2v) is 7.28. The molecule has 1 aliphatic heterocycles. The molecule has 2 rings (SSSR count). The lowest BCUT2D eigenvalue weighted by Crippen LogP contribution is -2.37. The summed E-state index contributed by atoms with van der Waals surface area (Å²) in [6, 6.07) is 3.61. The van der Waals surface area contributed by atoms with Crippen LogP contribution < -0.4 is 0 Å². The van der Waals surface area contributed by atoms with Crippen LogP contribution in [0.2, 0.25) is 0 Å². The highest BCUT2D eigenvalue weighted by Crippen LogP contribution is 2.20. The van der Waals surface area contributed by atoms with E-state index in [1.807, 2.05) is 38.8 Å². The quantitative estimate of drug-likeness (QED) is 0.846. The van der Waals surface area contributed by atoms with Gasteiger partial charge in [-0.1, -0.05) is 0 Å². The standard InChI is InChI=1S/C17H27N3O3/c1-17(2,3)23-16(22)20-9-7-13(11-20)10-19(4)12-15(21)14-6-5-8-18-14/h5-6,8,13,18H,7,9-12H2,1-4H3/t13-/m1/s1. The Morgan fingerprint density at radius 2 is 2.17 bits per heavy atom. The molecule has 0 bridgehead atoms. The minimum absolute atomic E-state index is 0.0829. The number of aromatic amines is 1. The molecule has 1 amide bonds. The first-order chi connectivity index (χ1) is 10.7. The summed E-state index contributed by atoms with van der Waals surface area (Å²) in [5, 5.41) is 0. The maximum Gasteiger partial charge on any atom is 0.410 e. The molecular formula is C17H27N3O3. The number of Topliss-reactive ketones (excluding diaryl/α,β-unsaturated/α-hetero) is 1. The van der Waals surface area contributed by atoms with Crippen molar-refractivity contribution in [3.05, 3.63) is 24.0 Å². The fourth-order valence-electron chi connectivity index (χ4n) is 2.81. The highest BCUT2D eigenvalue weighted by Gasteiger charge is 2.30. The molecule has 1 atom stereocenters. The molecule has 0 aromatic carbocycles. The first-order valence-corrected chi connectivity index (χ1v) is 8.07. The van der Waals surface area contributed by atoms with Crippen molar-refractivity contribution in [3.8, 4) is 0 Å². The molecule has 0 saturated carbocycles. The van der Waals surface area contributed by atoms with Gasteiger partial charge >= 0.3 is 6.09 Å². The molecule has 2 heterocycles. The average molecular weight is 321 g/mol. The third-order valence-corrected chi connectivity index (χ3v) is 3.82. The Labute approximate surface area is 137 Å². The van der Waals surface area contributed by atoms with E-state index >= 15 is 0 Å². The molecule has 23 heavy (non-hydrogen) atoms. The fraction of sp³-hybridized carbons (Fsp3) is 0.647. The highest BCUT2D eigenvalue weighted by molar-refractivity contribution is 5.95. The Hall–Kier alpha value is -1.82. The summed E-state index contributed by atoms with van der Waals surface area (Å²) < 4.78 is 5.40. The maximum absolute atomic E-state index is 12.1. The number of carbonyl (C=O) groups is 2. The van der Waals surface area contributed by atoms with E-state index in [1.54, 1.807) is 17.2 Å². The lowest BCUT2D eigenvalue weighted by atomic mass is 10.1. The molecule has 1 fully saturated rings. The molecule has 1 N–H and O–H groups in total. The van der Waals surface area contributed by atoms with Crippen molar-refractivity contribution in [1.82, 2.24) is 14.8 Å². The molecule has 0 aliphatic carbocycles. The van der Waals surface area contributed by atoms with Crippen LogP contribution in [0.4, 0.5) is 4.79 Å². The predicted octanol–water partition coefficient (Wildman–Crippen LogP) is 2.39. The van der Waals surface area contributed by atoms with Gasteiger partial charge in [0.05, 0.1) is 12.2 Å². The molecular weight excluding hydrogens is 294 g/mol. The molecule has 128 valence electrons. The van der Waals surface area contributed by atoms with E-state index in [0.29, 0.717) is 24.7 Å². The van der Waals surface area contributed by atoms with Gasteiger partial charge in [0.2, 0.25) is 0 Å². The Kier molecular flexibility index (Phi) is 5.46. The maximum atomic E-state index is 12.1. The van der Waals surface area contributed by atoms with Gasteiger partial charge in [-0.15, -0.1) is 0 Å². The molecule has 6 heteroatoms. The van der Waals surface area contributed by atoms with Crippen LogP contribution >= 0.6 is 0 Å². The van der Waals surface area contributed by atoms with Crippen LogP contribution in [0, 0.1) is 5.92 Å². The van der Waals surface area contributed by atoms with Gasteiger partial charge in [-0.3, -0.25) is 9.69 Å². The minimum Gasteiger partial charge on any atom is -0.444 e. The summed E-state index contributed by atoms with van der Waals surface area (Å²) in [6.45, 7) is 8.21. The zero-order valence-corrected chi connectivity index (χ0v) is 14.5. The first kappa shape index (κ1) is 17.5. The van der Waals surface area contributed by atoms with Crippen LogP contribution in [0.3, 0.4) is 0 Å². The molecule has 0 unspecified atom stereocenters. The number of ether oxygens (including phenoxy) is 1. The van der Waals surface area contributed by atoms with Crippen molar-refractivity contribution in [3.63, 3.8) is 0 Å². The van der Waals surface area contributed by atoms with Gasteiger partial charge in [0.15, 0.2) is 5.78 Å². The van der Waals surface area contributed by atoms with Gasteiger partial charge in [0.25, 0.3) is 0 Å². The second kappa shape index (κ2) is 7.17. The van der Waals surface area contributed by atoms with E-state index < -0.39 is 5.60 Å². The number of amides is 1. The molecule has 0 spiro atoms. The Morgan fingerprint density at radius 3 is 2.78 bits per heavy atom. The van der Waals surface area contributed by atoms with E-state index in [1.165, 1.54) is 0 Å². The van der Waals surface area contributed by atoms with Crippen molar-refractivity contribution in [2.45, 2.75) is 32.8 Å². The minimum atomic E-state index is -0.464. The van der Waals surface area contributed by atoms with Crippen LogP contribution in [-0.2, 0) is 4.74 Å². The average Bonchev–Trinajstić information content (AvgIpc) is 3.07. The van der Waals surface area contributed by atoms with Gasteiger partial charge in [-0.2, -0.15) is 0 Å². The van der Waals surface area contributed by atoms with Crippen molar-refractivity contribution in [2.24, 2.45) is 5.92 Å². The number of nitrogens with zero attached hydrogens (tertiary/aromatic N) is 2. The zero-order chi connectivity index (χ0) is 17.0. The molecule has 6 nitrogen and oxygen atoms in total. The molecule has 1 aliphatic rings. The van der Waals surface area contributed by atoms with Crippen LogP contribution in [0.25, 0.3) is 0 Å². The molecule has 1 saturated heterocycles. The number of hydrogen-bond acceptors (Lipinski definition) is 4. The number of rotatable bonds is 5. The first-order valence-electron chi connectivity index (χ1n) is 8.07. The lowest BCUT2D eigenvalue weighted by Gasteiger charge is -2.25. The van der Waals surface area contributed by atoms with E-state index in [-0.39, 0.29) is 11.9 Å². The molecule has 1 aromatic heterocycles. The number of nitrogens with one attached hydrogen (secondary N) is 1. The molecule has 1 aromatic rings. The molecule has 0 radical (unpaired) electrons. The summed E-state index contributed by atoms with van der Waals surface area (Å²) in [6.07, 6.45) is 2.45. The summed E-state index contributed by atoms with van der Waals surface area (Å²) in [4.78, 5) is 30.8. The monoisotopic (exact) mass is 321 g/mol. The highest BCUT2D eigenvalue weighted by atomic mass is 16.6. The van der Waals surface area contributed by atoms with Gasteiger partial charge < -0.3 is 14.6 Å². The van der Waals surface area contributed by atoms with E-state index in [0.717, 1.165) is 19.5 Å². The van der Waals surface area contributed by atoms with Gasteiger partial charge in [0, 0.05) is 25.8 Å². The third-order valence-electron chi connectivity index (χ3n) is 3.82. The number of aromatic nitrogens is 1. The van der Waals surface area contributed by atoms with E-state index in [2.05, 4.69) is 4.98 Å². The summed E-state index contributed by atoms with van der Waals surface area (Å²) in [7, 11) is 1.94. The van der Waals surface area contributed by atoms with Gasteiger partial charge in [0.1, 0.15) is 5.60 Å². The van der Waals surface area contributed by atoms with Crippen molar-refractivity contribution < 1.29 is 14.3 Å². The summed E-state index contributed by atoms with van der Waals surface area (Å²) in [5.41, 5.74) is 0.174. The normalized spacial score (nSPS) is 18.5. The Balaban J connectivity index is 1.76. The number of H-pyrrole nitrogens is 1. The number of hydrogen-bond donors (Lipinski definition) is 1. The van der Waals surface area contributed by atoms with Crippen LogP contribution in [-0.4, -0.2) is 65.5 Å². The van der Waals surface area contributed by atoms with Crippen LogP contribution in [0.15, 0.2) is 18.3 Å². The van der Waals surface area contributed by atoms with Crippen LogP contribution in [0.5, 0.6) is 0 Å². The SMILES string of the molecule is CN(CC(=O)c1ccc[nH]1)C[C@H]1CCN(C(=O)OC(C)(C)C)C1. The number of carbonyl (C=O) groups excluding carboxylic acids is 2. The van der Waals surface area contributed by atoms with Gasteiger partial charge in [-0.05, 0) is 52.3 Å². The number of ketones is 1.